The lowest BCUT2D eigenvalue weighted by Gasteiger charge is -2.18. The van der Waals surface area contributed by atoms with Gasteiger partial charge in [0.25, 0.3) is 5.91 Å². The lowest BCUT2D eigenvalue weighted by Crippen LogP contribution is -2.28. The largest absolute Gasteiger partial charge is 0.416 e. The van der Waals surface area contributed by atoms with Crippen LogP contribution in [0, 0.1) is 5.82 Å². The Balaban J connectivity index is 1.94. The molecule has 3 rings (SSSR count). The van der Waals surface area contributed by atoms with Crippen molar-refractivity contribution >= 4 is 5.91 Å². The minimum Gasteiger partial charge on any atom is -0.344 e. The summed E-state index contributed by atoms with van der Waals surface area (Å²) in [7, 11) is 0. The molecule has 0 fully saturated rings. The molecule has 12 heteroatoms. The molecular weight excluding hydrogens is 445 g/mol. The van der Waals surface area contributed by atoms with Crippen LogP contribution in [-0.4, -0.2) is 20.9 Å². The molecule has 0 aliphatic heterocycles. The second-order valence-electron chi connectivity index (χ2n) is 6.64. The van der Waals surface area contributed by atoms with Crippen LogP contribution in [0.25, 0.3) is 11.4 Å². The zero-order valence-electron chi connectivity index (χ0n) is 16.1. The first-order valence-corrected chi connectivity index (χ1v) is 8.89. The fourth-order valence-electron chi connectivity index (χ4n) is 2.81. The first-order valence-electron chi connectivity index (χ1n) is 8.89. The monoisotopic (exact) mass is 458 g/mol. The van der Waals surface area contributed by atoms with E-state index < -0.39 is 46.8 Å². The summed E-state index contributed by atoms with van der Waals surface area (Å²) in [6.45, 7) is 1.41. The SMILES string of the molecule is CC(NC(=O)c1cc(C(F)(F)F)cc(C(F)(F)F)c1)c1nccnc1-c1ccc(F)cn1. The summed E-state index contributed by atoms with van der Waals surface area (Å²) in [6, 6.07) is 2.03. The van der Waals surface area contributed by atoms with E-state index in [9.17, 15) is 35.5 Å². The van der Waals surface area contributed by atoms with Gasteiger partial charge in [-0.05, 0) is 37.3 Å². The molecule has 5 nitrogen and oxygen atoms in total. The number of alkyl halides is 6. The highest BCUT2D eigenvalue weighted by Crippen LogP contribution is 2.36. The summed E-state index contributed by atoms with van der Waals surface area (Å²) in [6.07, 6.45) is -6.67. The van der Waals surface area contributed by atoms with E-state index in [1.165, 1.54) is 25.4 Å². The average molecular weight is 458 g/mol. The maximum Gasteiger partial charge on any atom is 0.416 e. The number of nitrogens with one attached hydrogen (secondary N) is 1. The molecular formula is C20H13F7N4O. The molecule has 0 saturated carbocycles. The van der Waals surface area contributed by atoms with Crippen LogP contribution in [0.15, 0.2) is 48.9 Å². The van der Waals surface area contributed by atoms with Gasteiger partial charge in [-0.3, -0.25) is 19.7 Å². The summed E-state index contributed by atoms with van der Waals surface area (Å²) in [4.78, 5) is 24.5. The molecule has 0 aliphatic carbocycles. The Morgan fingerprint density at radius 3 is 2.03 bits per heavy atom. The number of nitrogens with zero attached hydrogens (tertiary/aromatic N) is 3. The number of hydrogen-bond acceptors (Lipinski definition) is 4. The Hall–Kier alpha value is -3.57. The van der Waals surface area contributed by atoms with Crippen molar-refractivity contribution in [1.29, 1.82) is 0 Å². The second kappa shape index (κ2) is 8.52. The van der Waals surface area contributed by atoms with Crippen LogP contribution in [-0.2, 0) is 12.4 Å². The fraction of sp³-hybridized carbons (Fsp3) is 0.200. The zero-order chi connectivity index (χ0) is 23.7. The van der Waals surface area contributed by atoms with Crippen LogP contribution in [0.5, 0.6) is 0 Å². The Morgan fingerprint density at radius 1 is 0.906 bits per heavy atom. The van der Waals surface area contributed by atoms with E-state index in [0.717, 1.165) is 12.3 Å². The van der Waals surface area contributed by atoms with Crippen molar-refractivity contribution in [3.05, 3.63) is 77.1 Å². The van der Waals surface area contributed by atoms with Crippen molar-refractivity contribution in [2.45, 2.75) is 25.3 Å². The summed E-state index contributed by atoms with van der Waals surface area (Å²) in [5.74, 6) is -1.79. The van der Waals surface area contributed by atoms with Gasteiger partial charge in [0, 0.05) is 18.0 Å². The highest BCUT2D eigenvalue weighted by Gasteiger charge is 2.37. The third-order valence-electron chi connectivity index (χ3n) is 4.30. The number of halogens is 7. The van der Waals surface area contributed by atoms with Crippen LogP contribution in [0.3, 0.4) is 0 Å². The van der Waals surface area contributed by atoms with Crippen molar-refractivity contribution in [2.24, 2.45) is 0 Å². The van der Waals surface area contributed by atoms with Crippen LogP contribution in [0.1, 0.15) is 40.1 Å². The molecule has 1 aromatic carbocycles. The van der Waals surface area contributed by atoms with Gasteiger partial charge < -0.3 is 5.32 Å². The smallest absolute Gasteiger partial charge is 0.344 e. The number of hydrogen-bond donors (Lipinski definition) is 1. The Labute approximate surface area is 176 Å². The number of rotatable bonds is 4. The number of carbonyl (C=O) groups excluding carboxylic acids is 1. The minimum atomic E-state index is -5.09. The summed E-state index contributed by atoms with van der Waals surface area (Å²) >= 11 is 0. The van der Waals surface area contributed by atoms with E-state index in [4.69, 9.17) is 0 Å². The Kier molecular flexibility index (Phi) is 6.15. The Morgan fingerprint density at radius 2 is 1.50 bits per heavy atom. The van der Waals surface area contributed by atoms with E-state index in [0.29, 0.717) is 12.1 Å². The number of pyridine rings is 1. The quantitative estimate of drug-likeness (QED) is 0.546. The minimum absolute atomic E-state index is 0.0683. The van der Waals surface area contributed by atoms with E-state index in [1.54, 1.807) is 0 Å². The molecule has 0 saturated heterocycles. The van der Waals surface area contributed by atoms with Gasteiger partial charge in [0.05, 0.1) is 34.8 Å². The van der Waals surface area contributed by atoms with Crippen LogP contribution < -0.4 is 5.32 Å². The summed E-state index contributed by atoms with van der Waals surface area (Å²) in [5.41, 5.74) is -3.57. The molecule has 0 radical (unpaired) electrons. The maximum absolute atomic E-state index is 13.1. The molecule has 1 amide bonds. The predicted molar refractivity (Wildman–Crippen MR) is 97.5 cm³/mol. The van der Waals surface area contributed by atoms with Crippen molar-refractivity contribution in [1.82, 2.24) is 20.3 Å². The van der Waals surface area contributed by atoms with Gasteiger partial charge in [-0.25, -0.2) is 4.39 Å². The molecule has 1 N–H and O–H groups in total. The van der Waals surface area contributed by atoms with Crippen molar-refractivity contribution < 1.29 is 35.5 Å². The van der Waals surface area contributed by atoms with E-state index in [-0.39, 0.29) is 23.1 Å². The topological polar surface area (TPSA) is 67.8 Å². The standard InChI is InChI=1S/C20H13F7N4O/c1-10(16-17(29-5-4-28-16)15-3-2-14(21)9-30-15)31-18(32)11-6-12(19(22,23)24)8-13(7-11)20(25,26)27/h2-10H,1H3,(H,31,32). The Bertz CT molecular complexity index is 1100. The summed E-state index contributed by atoms with van der Waals surface area (Å²) < 4.78 is 91.4. The van der Waals surface area contributed by atoms with Gasteiger partial charge >= 0.3 is 12.4 Å². The third-order valence-corrected chi connectivity index (χ3v) is 4.30. The molecule has 2 aromatic heterocycles. The predicted octanol–water partition coefficient (Wildman–Crippen LogP) is 5.21. The van der Waals surface area contributed by atoms with E-state index >= 15 is 0 Å². The molecule has 2 heterocycles. The van der Waals surface area contributed by atoms with Crippen molar-refractivity contribution in [3.8, 4) is 11.4 Å². The molecule has 32 heavy (non-hydrogen) atoms. The molecule has 1 unspecified atom stereocenters. The van der Waals surface area contributed by atoms with Crippen molar-refractivity contribution in [2.75, 3.05) is 0 Å². The van der Waals surface area contributed by atoms with Gasteiger partial charge in [-0.2, -0.15) is 26.3 Å². The van der Waals surface area contributed by atoms with Crippen LogP contribution in [0.2, 0.25) is 0 Å². The molecule has 0 bridgehead atoms. The number of carbonyl (C=O) groups is 1. The second-order valence-corrected chi connectivity index (χ2v) is 6.64. The first-order chi connectivity index (χ1) is 14.9. The number of benzene rings is 1. The van der Waals surface area contributed by atoms with Crippen LogP contribution in [0.4, 0.5) is 30.7 Å². The zero-order valence-corrected chi connectivity index (χ0v) is 16.1. The average Bonchev–Trinajstić information content (AvgIpc) is 2.72. The van der Waals surface area contributed by atoms with Crippen molar-refractivity contribution in [3.63, 3.8) is 0 Å². The van der Waals surface area contributed by atoms with Gasteiger partial charge in [0.2, 0.25) is 0 Å². The third kappa shape index (κ3) is 5.18. The molecule has 1 atom stereocenters. The van der Waals surface area contributed by atoms with Gasteiger partial charge in [0.1, 0.15) is 11.5 Å². The summed E-state index contributed by atoms with van der Waals surface area (Å²) in [5, 5.41) is 2.31. The van der Waals surface area contributed by atoms with Gasteiger partial charge in [-0.1, -0.05) is 0 Å². The molecule has 0 spiro atoms. The number of amides is 1. The van der Waals surface area contributed by atoms with E-state index in [1.807, 2.05) is 0 Å². The normalized spacial score (nSPS) is 13.0. The van der Waals surface area contributed by atoms with Gasteiger partial charge in [0.15, 0.2) is 0 Å². The lowest BCUT2D eigenvalue weighted by atomic mass is 10.0. The first kappa shape index (κ1) is 23.1. The molecule has 0 aliphatic rings. The van der Waals surface area contributed by atoms with Crippen LogP contribution >= 0.6 is 0 Å². The van der Waals surface area contributed by atoms with E-state index in [2.05, 4.69) is 20.3 Å². The highest BCUT2D eigenvalue weighted by molar-refractivity contribution is 5.95. The maximum atomic E-state index is 13.1. The van der Waals surface area contributed by atoms with Gasteiger partial charge in [-0.15, -0.1) is 0 Å². The molecule has 168 valence electrons. The lowest BCUT2D eigenvalue weighted by molar-refractivity contribution is -0.143. The molecule has 3 aromatic rings. The highest BCUT2D eigenvalue weighted by atomic mass is 19.4. The fourth-order valence-corrected chi connectivity index (χ4v) is 2.81. The number of aromatic nitrogens is 3.